The van der Waals surface area contributed by atoms with E-state index >= 15 is 0 Å². The van der Waals surface area contributed by atoms with Crippen molar-refractivity contribution in [1.82, 2.24) is 9.80 Å². The number of amides is 3. The fourth-order valence-corrected chi connectivity index (χ4v) is 5.46. The number of hydrogen-bond acceptors (Lipinski definition) is 3. The number of nitrogens with zero attached hydrogens (tertiary/aromatic N) is 2. The largest absolute Gasteiger partial charge is 0.394 e. The first kappa shape index (κ1) is 22.4. The zero-order valence-corrected chi connectivity index (χ0v) is 18.9. The Kier molecular flexibility index (Phi) is 6.25. The van der Waals surface area contributed by atoms with Crippen LogP contribution in [0.1, 0.15) is 42.7 Å². The van der Waals surface area contributed by atoms with Crippen molar-refractivity contribution in [1.29, 1.82) is 0 Å². The van der Waals surface area contributed by atoms with Crippen molar-refractivity contribution in [2.75, 3.05) is 25.0 Å². The number of aliphatic hydroxyl groups is 1. The van der Waals surface area contributed by atoms with E-state index < -0.39 is 11.8 Å². The first-order chi connectivity index (χ1) is 16.5. The predicted octanol–water partition coefficient (Wildman–Crippen LogP) is 3.57. The summed E-state index contributed by atoms with van der Waals surface area (Å²) in [6.07, 6.45) is 4.87. The average Bonchev–Trinajstić information content (AvgIpc) is 3.35. The molecule has 2 N–H and O–H groups in total. The SMILES string of the molecule is O=C(Nc1ccccc1F)N1CC(=O)N2[C@H](CO)[C@@H](c3ccc(C#CC4CCCC4)cc3)[C@H]2C1. The summed E-state index contributed by atoms with van der Waals surface area (Å²) in [5.41, 5.74) is 2.05. The molecule has 2 heterocycles. The maximum absolute atomic E-state index is 14.0. The third kappa shape index (κ3) is 4.26. The number of hydrogen-bond donors (Lipinski definition) is 2. The molecule has 2 aromatic rings. The van der Waals surface area contributed by atoms with Crippen molar-refractivity contribution in [3.8, 4) is 11.8 Å². The second-order valence-corrected chi connectivity index (χ2v) is 9.31. The molecule has 1 aliphatic carbocycles. The molecule has 5 rings (SSSR count). The van der Waals surface area contributed by atoms with Crippen LogP contribution in [0.2, 0.25) is 0 Å². The van der Waals surface area contributed by atoms with Crippen LogP contribution in [0.5, 0.6) is 0 Å². The van der Waals surface area contributed by atoms with Crippen LogP contribution in [0.15, 0.2) is 48.5 Å². The Labute approximate surface area is 198 Å². The number of halogens is 1. The van der Waals surface area contributed by atoms with Gasteiger partial charge in [-0.1, -0.05) is 48.9 Å². The van der Waals surface area contributed by atoms with Crippen LogP contribution in [-0.4, -0.2) is 58.6 Å². The number of nitrogens with one attached hydrogen (secondary N) is 1. The standard InChI is InChI=1S/C27H28FN3O3/c28-21-7-3-4-8-22(21)29-27(34)30-15-23-26(24(17-32)31(23)25(33)16-30)20-13-11-19(12-14-20)10-9-18-5-1-2-6-18/h3-4,7-8,11-14,18,23-24,26,32H,1-2,5-6,15-17H2,(H,29,34)/t23-,24-,26+/m1/s1. The van der Waals surface area contributed by atoms with Crippen LogP contribution in [0.4, 0.5) is 14.9 Å². The minimum Gasteiger partial charge on any atom is -0.394 e. The van der Waals surface area contributed by atoms with E-state index in [1.165, 1.54) is 42.7 Å². The summed E-state index contributed by atoms with van der Waals surface area (Å²) in [6.45, 7) is 0.0731. The van der Waals surface area contributed by atoms with Gasteiger partial charge in [0.2, 0.25) is 5.91 Å². The Morgan fingerprint density at radius 3 is 2.56 bits per heavy atom. The minimum atomic E-state index is -0.529. The molecule has 7 heteroatoms. The van der Waals surface area contributed by atoms with Crippen molar-refractivity contribution >= 4 is 17.6 Å². The molecule has 0 unspecified atom stereocenters. The number of rotatable bonds is 3. The van der Waals surface area contributed by atoms with Crippen molar-refractivity contribution < 1.29 is 19.1 Å². The quantitative estimate of drug-likeness (QED) is 0.687. The zero-order valence-electron chi connectivity index (χ0n) is 18.9. The molecule has 34 heavy (non-hydrogen) atoms. The summed E-state index contributed by atoms with van der Waals surface area (Å²) in [7, 11) is 0. The van der Waals surface area contributed by atoms with Crippen LogP contribution in [-0.2, 0) is 4.79 Å². The summed E-state index contributed by atoms with van der Waals surface area (Å²) in [5.74, 6) is 6.30. The second kappa shape index (κ2) is 9.47. The van der Waals surface area contributed by atoms with E-state index in [0.29, 0.717) is 12.5 Å². The van der Waals surface area contributed by atoms with E-state index in [1.54, 1.807) is 17.0 Å². The maximum Gasteiger partial charge on any atom is 0.322 e. The molecule has 3 fully saturated rings. The summed E-state index contributed by atoms with van der Waals surface area (Å²) in [4.78, 5) is 28.7. The number of piperazine rings is 1. The van der Waals surface area contributed by atoms with Gasteiger partial charge in [-0.05, 0) is 42.7 Å². The Morgan fingerprint density at radius 1 is 1.12 bits per heavy atom. The highest BCUT2D eigenvalue weighted by molar-refractivity contribution is 5.94. The highest BCUT2D eigenvalue weighted by Gasteiger charge is 2.54. The number of benzene rings is 2. The number of fused-ring (bicyclic) bond motifs is 1. The topological polar surface area (TPSA) is 72.9 Å². The molecule has 176 valence electrons. The van der Waals surface area contributed by atoms with Crippen molar-refractivity contribution in [2.24, 2.45) is 5.92 Å². The molecule has 2 saturated heterocycles. The van der Waals surface area contributed by atoms with Gasteiger partial charge in [-0.25, -0.2) is 9.18 Å². The lowest BCUT2D eigenvalue weighted by molar-refractivity contribution is -0.159. The van der Waals surface area contributed by atoms with Crippen LogP contribution in [0, 0.1) is 23.6 Å². The number of para-hydroxylation sites is 1. The normalized spacial score (nSPS) is 24.2. The smallest absolute Gasteiger partial charge is 0.322 e. The van der Waals surface area contributed by atoms with Crippen molar-refractivity contribution in [2.45, 2.75) is 43.7 Å². The molecule has 2 aromatic carbocycles. The van der Waals surface area contributed by atoms with Gasteiger partial charge < -0.3 is 20.2 Å². The lowest BCUT2D eigenvalue weighted by atomic mass is 9.73. The molecule has 0 bridgehead atoms. The predicted molar refractivity (Wildman–Crippen MR) is 127 cm³/mol. The second-order valence-electron chi connectivity index (χ2n) is 9.31. The van der Waals surface area contributed by atoms with E-state index in [-0.39, 0.29) is 42.7 Å². The average molecular weight is 462 g/mol. The van der Waals surface area contributed by atoms with Gasteiger partial charge >= 0.3 is 6.03 Å². The molecule has 1 saturated carbocycles. The lowest BCUT2D eigenvalue weighted by Gasteiger charge is -2.58. The summed E-state index contributed by atoms with van der Waals surface area (Å²) >= 11 is 0. The van der Waals surface area contributed by atoms with Gasteiger partial charge in [0.15, 0.2) is 0 Å². The van der Waals surface area contributed by atoms with Crippen LogP contribution < -0.4 is 5.32 Å². The molecular weight excluding hydrogens is 433 g/mol. The van der Waals surface area contributed by atoms with E-state index in [0.717, 1.165) is 11.1 Å². The van der Waals surface area contributed by atoms with Gasteiger partial charge in [0.25, 0.3) is 0 Å². The number of aliphatic hydroxyl groups excluding tert-OH is 1. The number of carbonyl (C=O) groups is 2. The minimum absolute atomic E-state index is 0.0788. The van der Waals surface area contributed by atoms with Crippen LogP contribution in [0.25, 0.3) is 0 Å². The summed E-state index contributed by atoms with van der Waals surface area (Å²) in [5, 5.41) is 12.5. The van der Waals surface area contributed by atoms with Gasteiger partial charge in [0, 0.05) is 23.9 Å². The van der Waals surface area contributed by atoms with E-state index in [1.807, 2.05) is 24.3 Å². The Balaban J connectivity index is 1.30. The molecular formula is C27H28FN3O3. The lowest BCUT2D eigenvalue weighted by Crippen LogP contribution is -2.73. The molecule has 2 aliphatic heterocycles. The molecule has 0 radical (unpaired) electrons. The van der Waals surface area contributed by atoms with Gasteiger partial charge in [-0.15, -0.1) is 0 Å². The molecule has 0 aromatic heterocycles. The molecule has 3 atom stereocenters. The number of urea groups is 1. The molecule has 6 nitrogen and oxygen atoms in total. The van der Waals surface area contributed by atoms with Crippen LogP contribution >= 0.6 is 0 Å². The fourth-order valence-electron chi connectivity index (χ4n) is 5.46. The number of carbonyl (C=O) groups excluding carboxylic acids is 2. The third-order valence-corrected chi connectivity index (χ3v) is 7.23. The molecule has 3 aliphatic rings. The first-order valence-corrected chi connectivity index (χ1v) is 11.9. The molecule has 3 amide bonds. The van der Waals surface area contributed by atoms with E-state index in [4.69, 9.17) is 0 Å². The highest BCUT2D eigenvalue weighted by Crippen LogP contribution is 2.43. The maximum atomic E-state index is 14.0. The number of anilines is 1. The summed E-state index contributed by atoms with van der Waals surface area (Å²) in [6, 6.07) is 12.9. The van der Waals surface area contributed by atoms with Crippen LogP contribution in [0.3, 0.4) is 0 Å². The van der Waals surface area contributed by atoms with Gasteiger partial charge in [-0.2, -0.15) is 0 Å². The van der Waals surface area contributed by atoms with Gasteiger partial charge in [-0.3, -0.25) is 4.79 Å². The first-order valence-electron chi connectivity index (χ1n) is 11.9. The van der Waals surface area contributed by atoms with Gasteiger partial charge in [0.1, 0.15) is 12.4 Å². The van der Waals surface area contributed by atoms with Crippen molar-refractivity contribution in [3.05, 3.63) is 65.5 Å². The summed E-state index contributed by atoms with van der Waals surface area (Å²) < 4.78 is 14.0. The van der Waals surface area contributed by atoms with E-state index in [2.05, 4.69) is 17.2 Å². The zero-order chi connectivity index (χ0) is 23.7. The monoisotopic (exact) mass is 461 g/mol. The van der Waals surface area contributed by atoms with Gasteiger partial charge in [0.05, 0.1) is 24.4 Å². The Hall–Kier alpha value is -3.37. The van der Waals surface area contributed by atoms with E-state index in [9.17, 15) is 19.1 Å². The van der Waals surface area contributed by atoms with Crippen molar-refractivity contribution in [3.63, 3.8) is 0 Å². The highest BCUT2D eigenvalue weighted by atomic mass is 19.1. The molecule has 0 spiro atoms. The Bertz CT molecular complexity index is 1130. The third-order valence-electron chi connectivity index (χ3n) is 7.23. The Morgan fingerprint density at radius 2 is 1.85 bits per heavy atom. The fraction of sp³-hybridized carbons (Fsp3) is 0.407.